The van der Waals surface area contributed by atoms with Crippen molar-refractivity contribution in [3.63, 3.8) is 0 Å². The largest absolute Gasteiger partial charge is 0.495 e. The molecule has 0 bridgehead atoms. The fourth-order valence-corrected chi connectivity index (χ4v) is 2.38. The second-order valence-electron chi connectivity index (χ2n) is 4.86. The van der Waals surface area contributed by atoms with E-state index in [0.717, 1.165) is 4.47 Å². The van der Waals surface area contributed by atoms with Gasteiger partial charge < -0.3 is 20.1 Å². The molecule has 0 saturated heterocycles. The third-order valence-electron chi connectivity index (χ3n) is 2.99. The fourth-order valence-electron chi connectivity index (χ4n) is 1.98. The molecule has 0 fully saturated rings. The van der Waals surface area contributed by atoms with Crippen molar-refractivity contribution in [3.8, 4) is 11.5 Å². The summed E-state index contributed by atoms with van der Waals surface area (Å²) in [4.78, 5) is 23.2. The first-order valence-electron chi connectivity index (χ1n) is 7.12. The predicted octanol–water partition coefficient (Wildman–Crippen LogP) is 3.43. The van der Waals surface area contributed by atoms with Crippen LogP contribution in [0.1, 0.15) is 6.92 Å². The van der Waals surface area contributed by atoms with Crippen LogP contribution >= 0.6 is 15.9 Å². The molecule has 0 spiro atoms. The highest BCUT2D eigenvalue weighted by Crippen LogP contribution is 2.28. The van der Waals surface area contributed by atoms with Crippen molar-refractivity contribution in [2.24, 2.45) is 0 Å². The van der Waals surface area contributed by atoms with Gasteiger partial charge in [0.1, 0.15) is 11.5 Å². The maximum absolute atomic E-state index is 12.1. The number of amides is 2. The molecule has 2 aromatic rings. The highest BCUT2D eigenvalue weighted by atomic mass is 79.9. The van der Waals surface area contributed by atoms with E-state index in [1.54, 1.807) is 24.3 Å². The fraction of sp³-hybridized carbons (Fsp3) is 0.176. The molecule has 0 heterocycles. The Morgan fingerprint density at radius 1 is 1.08 bits per heavy atom. The minimum Gasteiger partial charge on any atom is -0.495 e. The van der Waals surface area contributed by atoms with Gasteiger partial charge >= 0.3 is 0 Å². The Kier molecular flexibility index (Phi) is 6.20. The molecule has 0 radical (unpaired) electrons. The molecular formula is C17H17BrN2O4. The average Bonchev–Trinajstić information content (AvgIpc) is 2.54. The Hall–Kier alpha value is -2.54. The highest BCUT2D eigenvalue weighted by molar-refractivity contribution is 9.10. The van der Waals surface area contributed by atoms with Crippen LogP contribution in [0.25, 0.3) is 0 Å². The van der Waals surface area contributed by atoms with E-state index in [1.165, 1.54) is 14.0 Å². The summed E-state index contributed by atoms with van der Waals surface area (Å²) >= 11 is 3.35. The molecule has 0 atom stereocenters. The van der Waals surface area contributed by atoms with Crippen molar-refractivity contribution >= 4 is 39.1 Å². The van der Waals surface area contributed by atoms with Crippen LogP contribution in [-0.2, 0) is 9.59 Å². The Morgan fingerprint density at radius 3 is 2.50 bits per heavy atom. The van der Waals surface area contributed by atoms with Crippen molar-refractivity contribution in [3.05, 3.63) is 46.9 Å². The number of para-hydroxylation sites is 1. The van der Waals surface area contributed by atoms with E-state index in [1.807, 2.05) is 18.2 Å². The van der Waals surface area contributed by atoms with Crippen LogP contribution in [0.15, 0.2) is 46.9 Å². The topological polar surface area (TPSA) is 76.7 Å². The molecule has 0 aliphatic carbocycles. The standard InChI is InChI=1S/C17H17BrN2O4/c1-11(21)19-12-7-8-16(23-2)14(9-12)20-17(22)10-24-15-6-4-3-5-13(15)18/h3-9H,10H2,1-2H3,(H,19,21)(H,20,22). The highest BCUT2D eigenvalue weighted by Gasteiger charge is 2.11. The molecule has 2 N–H and O–H groups in total. The van der Waals surface area contributed by atoms with Crippen LogP contribution in [0.5, 0.6) is 11.5 Å². The van der Waals surface area contributed by atoms with Crippen molar-refractivity contribution in [1.82, 2.24) is 0 Å². The lowest BCUT2D eigenvalue weighted by molar-refractivity contribution is -0.118. The van der Waals surface area contributed by atoms with Crippen LogP contribution in [-0.4, -0.2) is 25.5 Å². The molecule has 6 nitrogen and oxygen atoms in total. The van der Waals surface area contributed by atoms with Crippen LogP contribution in [0.3, 0.4) is 0 Å². The molecule has 24 heavy (non-hydrogen) atoms. The smallest absolute Gasteiger partial charge is 0.262 e. The van der Waals surface area contributed by atoms with E-state index in [9.17, 15) is 9.59 Å². The average molecular weight is 393 g/mol. The monoisotopic (exact) mass is 392 g/mol. The number of ether oxygens (including phenoxy) is 2. The van der Waals surface area contributed by atoms with Crippen LogP contribution in [0.4, 0.5) is 11.4 Å². The first-order valence-corrected chi connectivity index (χ1v) is 7.91. The Labute approximate surface area is 148 Å². The minimum atomic E-state index is -0.343. The van der Waals surface area contributed by atoms with E-state index in [2.05, 4.69) is 26.6 Å². The molecule has 0 aromatic heterocycles. The first-order chi connectivity index (χ1) is 11.5. The van der Waals surface area contributed by atoms with E-state index < -0.39 is 0 Å². The van der Waals surface area contributed by atoms with Crippen molar-refractivity contribution in [2.75, 3.05) is 24.4 Å². The number of hydrogen-bond donors (Lipinski definition) is 2. The van der Waals surface area contributed by atoms with Crippen molar-refractivity contribution < 1.29 is 19.1 Å². The van der Waals surface area contributed by atoms with Gasteiger partial charge in [0.25, 0.3) is 5.91 Å². The van der Waals surface area contributed by atoms with E-state index in [4.69, 9.17) is 9.47 Å². The second-order valence-corrected chi connectivity index (χ2v) is 5.72. The number of rotatable bonds is 6. The van der Waals surface area contributed by atoms with Gasteiger partial charge in [0.2, 0.25) is 5.91 Å². The number of hydrogen-bond acceptors (Lipinski definition) is 4. The SMILES string of the molecule is COc1ccc(NC(C)=O)cc1NC(=O)COc1ccccc1Br. The summed E-state index contributed by atoms with van der Waals surface area (Å²) in [7, 11) is 1.50. The van der Waals surface area contributed by atoms with Gasteiger partial charge in [-0.3, -0.25) is 9.59 Å². The number of halogens is 1. The molecular weight excluding hydrogens is 376 g/mol. The number of benzene rings is 2. The molecule has 7 heteroatoms. The maximum atomic E-state index is 12.1. The molecule has 0 saturated carbocycles. The van der Waals surface area contributed by atoms with Gasteiger partial charge in [0, 0.05) is 12.6 Å². The Morgan fingerprint density at radius 2 is 1.83 bits per heavy atom. The zero-order valence-electron chi connectivity index (χ0n) is 13.3. The Balaban J connectivity index is 2.04. The summed E-state index contributed by atoms with van der Waals surface area (Å²) in [5, 5.41) is 5.36. The van der Waals surface area contributed by atoms with Crippen LogP contribution in [0, 0.1) is 0 Å². The second kappa shape index (κ2) is 8.35. The van der Waals surface area contributed by atoms with Gasteiger partial charge in [0.15, 0.2) is 6.61 Å². The predicted molar refractivity (Wildman–Crippen MR) is 95.6 cm³/mol. The lowest BCUT2D eigenvalue weighted by Crippen LogP contribution is -2.20. The molecule has 0 aliphatic rings. The van der Waals surface area contributed by atoms with Crippen LogP contribution < -0.4 is 20.1 Å². The van der Waals surface area contributed by atoms with Crippen LogP contribution in [0.2, 0.25) is 0 Å². The zero-order valence-corrected chi connectivity index (χ0v) is 14.8. The third-order valence-corrected chi connectivity index (χ3v) is 3.64. The van der Waals surface area contributed by atoms with Gasteiger partial charge in [-0.1, -0.05) is 12.1 Å². The van der Waals surface area contributed by atoms with Crippen molar-refractivity contribution in [1.29, 1.82) is 0 Å². The molecule has 0 aliphatic heterocycles. The van der Waals surface area contributed by atoms with Gasteiger partial charge in [0.05, 0.1) is 17.3 Å². The molecule has 0 unspecified atom stereocenters. The van der Waals surface area contributed by atoms with Crippen molar-refractivity contribution in [2.45, 2.75) is 6.92 Å². The van der Waals surface area contributed by atoms with Gasteiger partial charge in [-0.05, 0) is 46.3 Å². The number of nitrogens with one attached hydrogen (secondary N) is 2. The number of carbonyl (C=O) groups excluding carboxylic acids is 2. The number of methoxy groups -OCH3 is 1. The summed E-state index contributed by atoms with van der Waals surface area (Å²) in [6.45, 7) is 1.25. The summed E-state index contributed by atoms with van der Waals surface area (Å²) in [5.74, 6) is 0.517. The number of carbonyl (C=O) groups is 2. The van der Waals surface area contributed by atoms with Gasteiger partial charge in [-0.2, -0.15) is 0 Å². The molecule has 2 aromatic carbocycles. The van der Waals surface area contributed by atoms with Gasteiger partial charge in [-0.15, -0.1) is 0 Å². The Bertz CT molecular complexity index is 749. The molecule has 126 valence electrons. The normalized spacial score (nSPS) is 9.96. The van der Waals surface area contributed by atoms with E-state index in [-0.39, 0.29) is 18.4 Å². The summed E-state index contributed by atoms with van der Waals surface area (Å²) in [6.07, 6.45) is 0. The lowest BCUT2D eigenvalue weighted by atomic mass is 10.2. The van der Waals surface area contributed by atoms with E-state index in [0.29, 0.717) is 22.9 Å². The number of anilines is 2. The van der Waals surface area contributed by atoms with Gasteiger partial charge in [-0.25, -0.2) is 0 Å². The quantitative estimate of drug-likeness (QED) is 0.789. The third kappa shape index (κ3) is 4.99. The minimum absolute atomic E-state index is 0.157. The lowest BCUT2D eigenvalue weighted by Gasteiger charge is -2.13. The first kappa shape index (κ1) is 17.8. The molecule has 2 amide bonds. The summed E-state index contributed by atoms with van der Waals surface area (Å²) in [6, 6.07) is 12.2. The van der Waals surface area contributed by atoms with E-state index >= 15 is 0 Å². The molecule has 2 rings (SSSR count). The summed E-state index contributed by atoms with van der Waals surface area (Å²) < 4.78 is 11.4. The summed E-state index contributed by atoms with van der Waals surface area (Å²) in [5.41, 5.74) is 1.01. The maximum Gasteiger partial charge on any atom is 0.262 e. The zero-order chi connectivity index (χ0) is 17.5.